The van der Waals surface area contributed by atoms with E-state index >= 15 is 0 Å². The molecule has 0 aliphatic heterocycles. The van der Waals surface area contributed by atoms with Crippen LogP contribution < -0.4 is 10.6 Å². The summed E-state index contributed by atoms with van der Waals surface area (Å²) in [6, 6.07) is 12.1. The lowest BCUT2D eigenvalue weighted by Gasteiger charge is -2.29. The van der Waals surface area contributed by atoms with Crippen LogP contribution in [0.1, 0.15) is 118 Å². The molecule has 0 fully saturated rings. The van der Waals surface area contributed by atoms with Gasteiger partial charge in [-0.15, -0.1) is 0 Å². The van der Waals surface area contributed by atoms with E-state index in [4.69, 9.17) is 0 Å². The molecule has 2 unspecified atom stereocenters. The van der Waals surface area contributed by atoms with E-state index < -0.39 is 0 Å². The van der Waals surface area contributed by atoms with E-state index in [1.165, 1.54) is 27.8 Å². The Morgan fingerprint density at radius 3 is 1.52 bits per heavy atom. The smallest absolute Gasteiger partial charge is 0.00974 e. The molecule has 172 valence electrons. The Bertz CT molecular complexity index is 861. The van der Waals surface area contributed by atoms with Crippen molar-refractivity contribution in [1.29, 1.82) is 0 Å². The van der Waals surface area contributed by atoms with Crippen LogP contribution in [-0.4, -0.2) is 10.3 Å². The van der Waals surface area contributed by atoms with Gasteiger partial charge in [0, 0.05) is 0 Å². The minimum atomic E-state index is 0.279. The van der Waals surface area contributed by atoms with Gasteiger partial charge in [-0.2, -0.15) is 0 Å². The van der Waals surface area contributed by atoms with Gasteiger partial charge < -0.3 is 0 Å². The molecule has 0 nitrogen and oxygen atoms in total. The lowest BCUT2D eigenvalue weighted by molar-refractivity contribution is 0.797. The van der Waals surface area contributed by atoms with Crippen LogP contribution in [0.4, 0.5) is 0 Å². The summed E-state index contributed by atoms with van der Waals surface area (Å²) >= 11 is 0. The lowest BCUT2D eigenvalue weighted by atomic mass is 9.82. The highest BCUT2D eigenvalue weighted by molar-refractivity contribution is 7.56. The first-order valence-corrected chi connectivity index (χ1v) is 14.0. The molecule has 2 heteroatoms. The molecular formula is C29H46P2. The fourth-order valence-corrected chi connectivity index (χ4v) is 6.98. The summed E-state index contributed by atoms with van der Waals surface area (Å²) in [5.74, 6) is 1.56. The highest BCUT2D eigenvalue weighted by atomic mass is 31.1. The molecule has 0 bridgehead atoms. The monoisotopic (exact) mass is 456 g/mol. The molecule has 0 saturated carbocycles. The summed E-state index contributed by atoms with van der Waals surface area (Å²) in [4.78, 5) is 0. The fourth-order valence-electron chi connectivity index (χ4n) is 4.05. The van der Waals surface area contributed by atoms with Gasteiger partial charge in [0.25, 0.3) is 0 Å². The van der Waals surface area contributed by atoms with Crippen LogP contribution in [0.15, 0.2) is 30.3 Å². The maximum atomic E-state index is 2.50. The van der Waals surface area contributed by atoms with Gasteiger partial charge in [0.15, 0.2) is 0 Å². The van der Waals surface area contributed by atoms with Crippen LogP contribution in [-0.2, 0) is 0 Å². The lowest BCUT2D eigenvalue weighted by Crippen LogP contribution is -2.27. The predicted molar refractivity (Wildman–Crippen MR) is 150 cm³/mol. The molecule has 2 aromatic rings. The van der Waals surface area contributed by atoms with Crippen molar-refractivity contribution in [3.8, 4) is 11.1 Å². The van der Waals surface area contributed by atoms with E-state index in [0.29, 0.717) is 22.9 Å². The van der Waals surface area contributed by atoms with Gasteiger partial charge in [0.05, 0.1) is 0 Å². The van der Waals surface area contributed by atoms with Gasteiger partial charge in [-0.1, -0.05) is 131 Å². The van der Waals surface area contributed by atoms with E-state index in [1.807, 2.05) is 0 Å². The van der Waals surface area contributed by atoms with Gasteiger partial charge in [-0.05, 0) is 66.5 Å². The molecule has 0 N–H and O–H groups in total. The predicted octanol–water partition coefficient (Wildman–Crippen LogP) is 8.93. The summed E-state index contributed by atoms with van der Waals surface area (Å²) < 4.78 is 0. The molecule has 2 atom stereocenters. The summed E-state index contributed by atoms with van der Waals surface area (Å²) in [6.45, 7) is 28.4. The van der Waals surface area contributed by atoms with Gasteiger partial charge in [0.2, 0.25) is 0 Å². The van der Waals surface area contributed by atoms with E-state index in [2.05, 4.69) is 113 Å². The van der Waals surface area contributed by atoms with Crippen molar-refractivity contribution in [3.05, 3.63) is 47.0 Å². The van der Waals surface area contributed by atoms with Crippen molar-refractivity contribution in [2.24, 2.45) is 0 Å². The standard InChI is InChI=1S/C29H46P2/c1-18(2)21-16-23(19(3)4)26(24(17-21)20(5)6)22-14-13-15-25(30-28(7,8)9)27(22)31-29(10,11)12/h13-20,30-31H,1-12H3. The Labute approximate surface area is 197 Å². The van der Waals surface area contributed by atoms with Crippen LogP contribution in [0, 0.1) is 0 Å². The summed E-state index contributed by atoms with van der Waals surface area (Å²) in [5.41, 5.74) is 7.52. The third kappa shape index (κ3) is 7.14. The first-order valence-electron chi connectivity index (χ1n) is 12.0. The molecule has 0 spiro atoms. The molecule has 0 radical (unpaired) electrons. The van der Waals surface area contributed by atoms with Crippen LogP contribution in [0.3, 0.4) is 0 Å². The van der Waals surface area contributed by atoms with E-state index in [-0.39, 0.29) is 5.16 Å². The van der Waals surface area contributed by atoms with Crippen molar-refractivity contribution in [2.75, 3.05) is 0 Å². The van der Waals surface area contributed by atoms with Gasteiger partial charge in [-0.3, -0.25) is 0 Å². The van der Waals surface area contributed by atoms with Crippen LogP contribution in [0.2, 0.25) is 0 Å². The van der Waals surface area contributed by atoms with E-state index in [1.54, 1.807) is 10.6 Å². The molecule has 2 aromatic carbocycles. The van der Waals surface area contributed by atoms with Gasteiger partial charge in [0.1, 0.15) is 0 Å². The zero-order chi connectivity index (χ0) is 23.7. The second-order valence-corrected chi connectivity index (χ2v) is 16.6. The van der Waals surface area contributed by atoms with Crippen molar-refractivity contribution < 1.29 is 0 Å². The minimum absolute atomic E-state index is 0.279. The summed E-state index contributed by atoms with van der Waals surface area (Å²) in [5, 5.41) is 3.75. The largest absolute Gasteiger partial charge is 0.0841 e. The number of hydrogen-bond acceptors (Lipinski definition) is 0. The quantitative estimate of drug-likeness (QED) is 0.381. The maximum absolute atomic E-state index is 2.50. The second-order valence-electron chi connectivity index (χ2n) is 12.0. The maximum Gasteiger partial charge on any atom is -0.00974 e. The highest BCUT2D eigenvalue weighted by Crippen LogP contribution is 2.42. The van der Waals surface area contributed by atoms with Crippen molar-refractivity contribution in [3.63, 3.8) is 0 Å². The van der Waals surface area contributed by atoms with Crippen LogP contribution >= 0.6 is 17.2 Å². The highest BCUT2D eigenvalue weighted by Gasteiger charge is 2.25. The van der Waals surface area contributed by atoms with Crippen LogP contribution in [0.5, 0.6) is 0 Å². The third-order valence-electron chi connectivity index (χ3n) is 5.48. The normalized spacial score (nSPS) is 13.8. The average molecular weight is 457 g/mol. The molecule has 0 aliphatic carbocycles. The molecule has 0 aliphatic rings. The summed E-state index contributed by atoms with van der Waals surface area (Å²) in [6.07, 6.45) is 0. The second kappa shape index (κ2) is 10.1. The number of hydrogen-bond donors (Lipinski definition) is 0. The van der Waals surface area contributed by atoms with Gasteiger partial charge >= 0.3 is 0 Å². The van der Waals surface area contributed by atoms with Crippen molar-refractivity contribution in [1.82, 2.24) is 0 Å². The number of rotatable bonds is 6. The van der Waals surface area contributed by atoms with Crippen molar-refractivity contribution >= 4 is 27.8 Å². The van der Waals surface area contributed by atoms with Crippen molar-refractivity contribution in [2.45, 2.75) is 111 Å². The number of benzene rings is 2. The summed E-state index contributed by atoms with van der Waals surface area (Å²) in [7, 11) is 1.63. The molecule has 0 saturated heterocycles. The minimum Gasteiger partial charge on any atom is -0.0841 e. The Morgan fingerprint density at radius 2 is 1.13 bits per heavy atom. The first-order chi connectivity index (χ1) is 14.1. The van der Waals surface area contributed by atoms with E-state index in [9.17, 15) is 0 Å². The van der Waals surface area contributed by atoms with Gasteiger partial charge in [-0.25, -0.2) is 0 Å². The van der Waals surface area contributed by atoms with Crippen LogP contribution in [0.25, 0.3) is 11.1 Å². The molecule has 0 heterocycles. The molecular weight excluding hydrogens is 410 g/mol. The Kier molecular flexibility index (Phi) is 8.62. The zero-order valence-corrected chi connectivity index (χ0v) is 24.1. The SMILES string of the molecule is CC(C)c1cc(C(C)C)c(-c2cccc(PC(C)(C)C)c2PC(C)(C)C)c(C(C)C)c1. The van der Waals surface area contributed by atoms with E-state index in [0.717, 1.165) is 17.2 Å². The average Bonchev–Trinajstić information content (AvgIpc) is 2.59. The molecule has 0 amide bonds. The fraction of sp³-hybridized carbons (Fsp3) is 0.586. The Balaban J connectivity index is 2.93. The third-order valence-corrected chi connectivity index (χ3v) is 8.70. The Hall–Kier alpha value is -0.700. The molecule has 2 rings (SSSR count). The first kappa shape index (κ1) is 26.6. The molecule has 31 heavy (non-hydrogen) atoms. The molecule has 0 aromatic heterocycles. The Morgan fingerprint density at radius 1 is 0.645 bits per heavy atom. The topological polar surface area (TPSA) is 0 Å². The zero-order valence-electron chi connectivity index (χ0n) is 22.1.